The lowest BCUT2D eigenvalue weighted by Crippen LogP contribution is -2.14. The van der Waals surface area contributed by atoms with Crippen LogP contribution in [0.4, 0.5) is 10.1 Å². The zero-order chi connectivity index (χ0) is 17.8. The predicted molar refractivity (Wildman–Crippen MR) is 97.9 cm³/mol. The van der Waals surface area contributed by atoms with Crippen LogP contribution in [0.2, 0.25) is 0 Å². The molecule has 0 aliphatic carbocycles. The number of hydrogen-bond acceptors (Lipinski definition) is 5. The van der Waals surface area contributed by atoms with Crippen LogP contribution >= 0.6 is 27.7 Å². The van der Waals surface area contributed by atoms with Crippen LogP contribution < -0.4 is 5.32 Å². The van der Waals surface area contributed by atoms with E-state index in [0.717, 1.165) is 21.8 Å². The summed E-state index contributed by atoms with van der Waals surface area (Å²) in [6, 6.07) is 11.4. The molecule has 3 rings (SSSR count). The number of carbonyl (C=O) groups excluding carboxylic acids is 1. The molecule has 0 radical (unpaired) electrons. The first-order chi connectivity index (χ1) is 12.0. The van der Waals surface area contributed by atoms with Crippen molar-refractivity contribution in [2.24, 2.45) is 0 Å². The van der Waals surface area contributed by atoms with Crippen molar-refractivity contribution in [3.05, 3.63) is 58.3 Å². The zero-order valence-electron chi connectivity index (χ0n) is 13.1. The third kappa shape index (κ3) is 4.67. The van der Waals surface area contributed by atoms with E-state index in [9.17, 15) is 9.18 Å². The standard InChI is InChI=1S/C17H13BrFN3O2S/c1-10-2-7-14(13(18)8-10)20-15(23)9-25-17-22-21-16(24-17)11-3-5-12(19)6-4-11/h2-8H,9H2,1H3,(H,20,23). The van der Waals surface area contributed by atoms with Gasteiger partial charge in [0.25, 0.3) is 5.22 Å². The van der Waals surface area contributed by atoms with E-state index in [1.807, 2.05) is 25.1 Å². The smallest absolute Gasteiger partial charge is 0.277 e. The molecule has 0 bridgehead atoms. The Morgan fingerprint density at radius 2 is 2.00 bits per heavy atom. The summed E-state index contributed by atoms with van der Waals surface area (Å²) in [5, 5.41) is 10.9. The molecule has 1 aromatic heterocycles. The maximum Gasteiger partial charge on any atom is 0.277 e. The topological polar surface area (TPSA) is 68.0 Å². The maximum absolute atomic E-state index is 12.9. The van der Waals surface area contributed by atoms with Crippen molar-refractivity contribution in [2.45, 2.75) is 12.1 Å². The molecule has 0 atom stereocenters. The Balaban J connectivity index is 1.58. The lowest BCUT2D eigenvalue weighted by Gasteiger charge is -2.07. The highest BCUT2D eigenvalue weighted by molar-refractivity contribution is 9.10. The van der Waals surface area contributed by atoms with Gasteiger partial charge in [-0.3, -0.25) is 4.79 Å². The van der Waals surface area contributed by atoms with Gasteiger partial charge in [-0.2, -0.15) is 0 Å². The molecule has 128 valence electrons. The Hall–Kier alpha value is -2.19. The molecule has 0 aliphatic heterocycles. The fourth-order valence-corrected chi connectivity index (χ4v) is 3.17. The van der Waals surface area contributed by atoms with Crippen molar-refractivity contribution < 1.29 is 13.6 Å². The molecule has 8 heteroatoms. The molecule has 0 fully saturated rings. The molecule has 0 spiro atoms. The van der Waals surface area contributed by atoms with Gasteiger partial charge in [0.15, 0.2) is 0 Å². The van der Waals surface area contributed by atoms with E-state index in [2.05, 4.69) is 31.4 Å². The number of halogens is 2. The third-order valence-electron chi connectivity index (χ3n) is 3.22. The molecule has 1 heterocycles. The van der Waals surface area contributed by atoms with Gasteiger partial charge in [0.05, 0.1) is 11.4 Å². The Morgan fingerprint density at radius 1 is 1.24 bits per heavy atom. The second kappa shape index (κ2) is 7.79. The van der Waals surface area contributed by atoms with Gasteiger partial charge in [0.1, 0.15) is 5.82 Å². The van der Waals surface area contributed by atoms with E-state index < -0.39 is 0 Å². The normalized spacial score (nSPS) is 10.7. The van der Waals surface area contributed by atoms with Crippen LogP contribution in [0.15, 0.2) is 56.6 Å². The first kappa shape index (κ1) is 17.6. The molecule has 3 aromatic rings. The van der Waals surface area contributed by atoms with Crippen molar-refractivity contribution in [3.63, 3.8) is 0 Å². The Bertz CT molecular complexity index is 899. The van der Waals surface area contributed by atoms with Crippen LogP contribution in [0.5, 0.6) is 0 Å². The first-order valence-electron chi connectivity index (χ1n) is 7.29. The highest BCUT2D eigenvalue weighted by atomic mass is 79.9. The van der Waals surface area contributed by atoms with Gasteiger partial charge < -0.3 is 9.73 Å². The van der Waals surface area contributed by atoms with E-state index in [0.29, 0.717) is 11.3 Å². The number of thioether (sulfide) groups is 1. The molecular formula is C17H13BrFN3O2S. The SMILES string of the molecule is Cc1ccc(NC(=O)CSc2nnc(-c3ccc(F)cc3)o2)c(Br)c1. The fourth-order valence-electron chi connectivity index (χ4n) is 2.01. The molecule has 2 aromatic carbocycles. The minimum Gasteiger partial charge on any atom is -0.411 e. The summed E-state index contributed by atoms with van der Waals surface area (Å²) < 4.78 is 19.2. The number of hydrogen-bond donors (Lipinski definition) is 1. The van der Waals surface area contributed by atoms with Gasteiger partial charge in [-0.05, 0) is 64.8 Å². The van der Waals surface area contributed by atoms with Crippen molar-refractivity contribution in [3.8, 4) is 11.5 Å². The van der Waals surface area contributed by atoms with Crippen LogP contribution in [0.3, 0.4) is 0 Å². The van der Waals surface area contributed by atoms with Crippen LogP contribution in [0.25, 0.3) is 11.5 Å². The second-order valence-corrected chi connectivity index (χ2v) is 6.98. The maximum atomic E-state index is 12.9. The van der Waals surface area contributed by atoms with E-state index in [1.54, 1.807) is 12.1 Å². The van der Waals surface area contributed by atoms with Gasteiger partial charge in [0.2, 0.25) is 11.8 Å². The molecular weight excluding hydrogens is 409 g/mol. The third-order valence-corrected chi connectivity index (χ3v) is 4.70. The molecule has 25 heavy (non-hydrogen) atoms. The summed E-state index contributed by atoms with van der Waals surface area (Å²) in [4.78, 5) is 12.1. The van der Waals surface area contributed by atoms with E-state index in [-0.39, 0.29) is 28.6 Å². The van der Waals surface area contributed by atoms with Gasteiger partial charge in [0, 0.05) is 10.0 Å². The Labute approximate surface area is 156 Å². The summed E-state index contributed by atoms with van der Waals surface area (Å²) >= 11 is 4.55. The number of benzene rings is 2. The van der Waals surface area contributed by atoms with Gasteiger partial charge in [-0.15, -0.1) is 10.2 Å². The van der Waals surface area contributed by atoms with E-state index in [1.165, 1.54) is 12.1 Å². The summed E-state index contributed by atoms with van der Waals surface area (Å²) in [5.41, 5.74) is 2.42. The number of aryl methyl sites for hydroxylation is 1. The van der Waals surface area contributed by atoms with Crippen LogP contribution in [0, 0.1) is 12.7 Å². The number of nitrogens with zero attached hydrogens (tertiary/aromatic N) is 2. The molecule has 0 aliphatic rings. The van der Waals surface area contributed by atoms with Crippen LogP contribution in [-0.2, 0) is 4.79 Å². The minimum absolute atomic E-state index is 0.130. The van der Waals surface area contributed by atoms with Crippen LogP contribution in [-0.4, -0.2) is 21.9 Å². The average Bonchev–Trinajstić information content (AvgIpc) is 3.05. The van der Waals surface area contributed by atoms with Crippen molar-refractivity contribution in [1.82, 2.24) is 10.2 Å². The number of carbonyl (C=O) groups is 1. The van der Waals surface area contributed by atoms with Gasteiger partial charge in [-0.25, -0.2) is 4.39 Å². The van der Waals surface area contributed by atoms with Crippen molar-refractivity contribution >= 4 is 39.3 Å². The fraction of sp³-hybridized carbons (Fsp3) is 0.118. The van der Waals surface area contributed by atoms with E-state index >= 15 is 0 Å². The predicted octanol–water partition coefficient (Wildman–Crippen LogP) is 4.68. The summed E-state index contributed by atoms with van der Waals surface area (Å²) in [6.45, 7) is 1.97. The molecule has 0 saturated carbocycles. The number of amides is 1. The number of rotatable bonds is 5. The number of aromatic nitrogens is 2. The zero-order valence-corrected chi connectivity index (χ0v) is 15.5. The van der Waals surface area contributed by atoms with Gasteiger partial charge >= 0.3 is 0 Å². The first-order valence-corrected chi connectivity index (χ1v) is 9.07. The second-order valence-electron chi connectivity index (χ2n) is 5.20. The lowest BCUT2D eigenvalue weighted by atomic mass is 10.2. The number of anilines is 1. The van der Waals surface area contributed by atoms with Crippen molar-refractivity contribution in [2.75, 3.05) is 11.1 Å². The van der Waals surface area contributed by atoms with Gasteiger partial charge in [-0.1, -0.05) is 17.8 Å². The minimum atomic E-state index is -0.336. The molecule has 1 amide bonds. The Morgan fingerprint density at radius 3 is 2.72 bits per heavy atom. The monoisotopic (exact) mass is 421 g/mol. The highest BCUT2D eigenvalue weighted by Crippen LogP contribution is 2.25. The lowest BCUT2D eigenvalue weighted by molar-refractivity contribution is -0.113. The summed E-state index contributed by atoms with van der Waals surface area (Å²) in [6.07, 6.45) is 0. The average molecular weight is 422 g/mol. The number of nitrogens with one attached hydrogen (secondary N) is 1. The van der Waals surface area contributed by atoms with Crippen LogP contribution in [0.1, 0.15) is 5.56 Å². The highest BCUT2D eigenvalue weighted by Gasteiger charge is 2.12. The summed E-state index contributed by atoms with van der Waals surface area (Å²) in [7, 11) is 0. The molecule has 0 unspecified atom stereocenters. The van der Waals surface area contributed by atoms with Crippen molar-refractivity contribution in [1.29, 1.82) is 0 Å². The Kier molecular flexibility index (Phi) is 5.50. The van der Waals surface area contributed by atoms with E-state index in [4.69, 9.17) is 4.42 Å². The quantitative estimate of drug-likeness (QED) is 0.605. The molecule has 0 saturated heterocycles. The summed E-state index contributed by atoms with van der Waals surface area (Å²) in [5.74, 6) is -0.108. The molecule has 1 N–H and O–H groups in total. The molecule has 5 nitrogen and oxygen atoms in total. The largest absolute Gasteiger partial charge is 0.411 e.